The van der Waals surface area contributed by atoms with Crippen molar-refractivity contribution < 1.29 is 9.44 Å². The van der Waals surface area contributed by atoms with E-state index in [0.717, 1.165) is 37.3 Å². The number of hydrazine groups is 1. The van der Waals surface area contributed by atoms with Gasteiger partial charge in [-0.25, -0.2) is 0 Å². The van der Waals surface area contributed by atoms with Gasteiger partial charge in [-0.3, -0.25) is 25.8 Å². The van der Waals surface area contributed by atoms with Crippen LogP contribution in [-0.4, -0.2) is 91.6 Å². The second-order valence-electron chi connectivity index (χ2n) is 12.0. The van der Waals surface area contributed by atoms with E-state index in [9.17, 15) is 10.0 Å². The molecular weight excluding hydrogens is 480 g/mol. The Hall–Kier alpha value is -2.21. The number of hydroxylamine groups is 3. The second-order valence-corrected chi connectivity index (χ2v) is 12.0. The molecule has 4 saturated heterocycles. The van der Waals surface area contributed by atoms with Gasteiger partial charge in [0.15, 0.2) is 0 Å². The first-order valence-electron chi connectivity index (χ1n) is 14.6. The summed E-state index contributed by atoms with van der Waals surface area (Å²) >= 11 is 0. The van der Waals surface area contributed by atoms with Gasteiger partial charge >= 0.3 is 0 Å². The van der Waals surface area contributed by atoms with E-state index < -0.39 is 0 Å². The summed E-state index contributed by atoms with van der Waals surface area (Å²) in [5, 5.41) is 31.2. The van der Waals surface area contributed by atoms with Gasteiger partial charge in [0.2, 0.25) is 5.91 Å². The van der Waals surface area contributed by atoms with Gasteiger partial charge in [-0.2, -0.15) is 5.01 Å². The number of benzene rings is 1. The molecule has 1 amide bonds. The van der Waals surface area contributed by atoms with E-state index in [-0.39, 0.29) is 35.1 Å². The first-order chi connectivity index (χ1) is 18.4. The maximum Gasteiger partial charge on any atom is 0.244 e. The Morgan fingerprint density at radius 1 is 1.05 bits per heavy atom. The minimum atomic E-state index is -0.152. The van der Waals surface area contributed by atoms with Crippen molar-refractivity contribution in [3.05, 3.63) is 41.6 Å². The summed E-state index contributed by atoms with van der Waals surface area (Å²) in [6.45, 7) is 6.44. The number of likely N-dealkylation sites (N-methyl/N-ethyl adjacent to an activating group) is 1. The molecule has 1 aromatic rings. The van der Waals surface area contributed by atoms with Crippen LogP contribution in [0.3, 0.4) is 0 Å². The highest BCUT2D eigenvalue weighted by Gasteiger charge is 2.52. The van der Waals surface area contributed by atoms with Gasteiger partial charge in [0.25, 0.3) is 0 Å². The molecule has 2 bridgehead atoms. The molecule has 0 aromatic heterocycles. The van der Waals surface area contributed by atoms with Gasteiger partial charge in [0.1, 0.15) is 6.29 Å². The number of hydrogen-bond donors (Lipinski definition) is 4. The largest absolute Gasteiger partial charge is 0.633 e. The molecule has 0 saturated carbocycles. The minimum Gasteiger partial charge on any atom is -0.633 e. The van der Waals surface area contributed by atoms with Crippen LogP contribution in [0.1, 0.15) is 39.0 Å². The predicted molar refractivity (Wildman–Crippen MR) is 149 cm³/mol. The zero-order valence-corrected chi connectivity index (χ0v) is 22.8. The Morgan fingerprint density at radius 2 is 1.84 bits per heavy atom. The molecule has 1 aromatic carbocycles. The number of hydrogen-bond acceptors (Lipinski definition) is 8. The van der Waals surface area contributed by atoms with Crippen LogP contribution in [0.5, 0.6) is 0 Å². The van der Waals surface area contributed by atoms with Crippen molar-refractivity contribution in [3.63, 3.8) is 0 Å². The highest BCUT2D eigenvalue weighted by molar-refractivity contribution is 5.82. The first kappa shape index (κ1) is 26.0. The lowest BCUT2D eigenvalue weighted by atomic mass is 9.89. The number of amides is 1. The van der Waals surface area contributed by atoms with E-state index in [2.05, 4.69) is 74.5 Å². The minimum absolute atomic E-state index is 0.0610. The quantitative estimate of drug-likeness (QED) is 0.270. The number of nitrogens with one attached hydrogen (secondary N) is 4. The molecule has 6 atom stereocenters. The molecular formula is C28H44N8O2. The molecule has 10 heteroatoms. The van der Waals surface area contributed by atoms with Crippen molar-refractivity contribution in [2.45, 2.75) is 63.7 Å². The summed E-state index contributed by atoms with van der Waals surface area (Å²) in [5.41, 5.74) is 2.17. The van der Waals surface area contributed by atoms with Gasteiger partial charge in [-0.05, 0) is 62.3 Å². The zero-order chi connectivity index (χ0) is 26.3. The van der Waals surface area contributed by atoms with Crippen LogP contribution >= 0.6 is 0 Å². The molecule has 5 aliphatic rings. The van der Waals surface area contributed by atoms with Crippen LogP contribution in [0.4, 0.5) is 11.4 Å². The van der Waals surface area contributed by atoms with Gasteiger partial charge in [0.05, 0.1) is 58.0 Å². The fraction of sp³-hybridized carbons (Fsp3) is 0.679. The molecule has 0 radical (unpaired) electrons. The summed E-state index contributed by atoms with van der Waals surface area (Å²) in [6.07, 6.45) is 10.1. The van der Waals surface area contributed by atoms with Crippen LogP contribution < -0.4 is 26.2 Å². The summed E-state index contributed by atoms with van der Waals surface area (Å²) in [4.78, 5) is 15.8. The van der Waals surface area contributed by atoms with Crippen LogP contribution in [0.2, 0.25) is 0 Å². The highest BCUT2D eigenvalue weighted by atomic mass is 16.5. The second kappa shape index (κ2) is 10.7. The first-order valence-corrected chi connectivity index (χ1v) is 14.6. The van der Waals surface area contributed by atoms with Crippen molar-refractivity contribution in [2.75, 3.05) is 56.5 Å². The maximum atomic E-state index is 13.5. The Balaban J connectivity index is 1.14. The van der Waals surface area contributed by atoms with E-state index in [4.69, 9.17) is 0 Å². The van der Waals surface area contributed by atoms with Crippen molar-refractivity contribution in [1.82, 2.24) is 26.0 Å². The van der Waals surface area contributed by atoms with E-state index >= 15 is 0 Å². The van der Waals surface area contributed by atoms with E-state index in [0.29, 0.717) is 38.1 Å². The number of rotatable bonds is 3. The molecule has 10 nitrogen and oxygen atoms in total. The Bertz CT molecular complexity index is 1010. The normalized spacial score (nSPS) is 36.7. The van der Waals surface area contributed by atoms with Crippen LogP contribution in [-0.2, 0) is 4.79 Å². The molecule has 38 heavy (non-hydrogen) atoms. The molecule has 4 N–H and O–H groups in total. The number of quaternary nitrogens is 1. The van der Waals surface area contributed by atoms with Crippen LogP contribution in [0.25, 0.3) is 0 Å². The Morgan fingerprint density at radius 3 is 2.63 bits per heavy atom. The van der Waals surface area contributed by atoms with Gasteiger partial charge in [-0.1, -0.05) is 19.1 Å². The smallest absolute Gasteiger partial charge is 0.244 e. The molecule has 5 unspecified atom stereocenters. The Kier molecular flexibility index (Phi) is 7.36. The number of anilines is 2. The third-order valence-corrected chi connectivity index (χ3v) is 9.26. The van der Waals surface area contributed by atoms with E-state index in [1.807, 2.05) is 5.01 Å². The molecule has 0 spiro atoms. The molecule has 208 valence electrons. The van der Waals surface area contributed by atoms with Crippen molar-refractivity contribution >= 4 is 17.3 Å². The molecule has 5 aliphatic heterocycles. The fourth-order valence-electron chi connectivity index (χ4n) is 6.82. The third-order valence-electron chi connectivity index (χ3n) is 9.26. The van der Waals surface area contributed by atoms with Gasteiger partial charge in [0, 0.05) is 24.0 Å². The average molecular weight is 525 g/mol. The average Bonchev–Trinajstić information content (AvgIpc) is 3.18. The third kappa shape index (κ3) is 5.30. The summed E-state index contributed by atoms with van der Waals surface area (Å²) in [5.74, 6) is 0.707. The molecule has 6 rings (SSSR count). The number of fused-ring (bicyclic) bond motifs is 6. The molecule has 0 aliphatic carbocycles. The number of carbonyl (C=O) groups excluding carboxylic acids is 1. The Labute approximate surface area is 226 Å². The molecule has 4 fully saturated rings. The summed E-state index contributed by atoms with van der Waals surface area (Å²) in [7, 11) is 1.76. The lowest BCUT2D eigenvalue weighted by Crippen LogP contribution is -2.68. The maximum absolute atomic E-state index is 13.5. The van der Waals surface area contributed by atoms with Gasteiger partial charge < -0.3 is 20.1 Å². The predicted octanol–water partition coefficient (Wildman–Crippen LogP) is 1.80. The van der Waals surface area contributed by atoms with Gasteiger partial charge in [-0.15, -0.1) is 0 Å². The van der Waals surface area contributed by atoms with Crippen molar-refractivity contribution in [1.29, 1.82) is 0 Å². The lowest BCUT2D eigenvalue weighted by Gasteiger charge is -2.46. The summed E-state index contributed by atoms with van der Waals surface area (Å²) in [6, 6.07) is 8.95. The monoisotopic (exact) mass is 524 g/mol. The van der Waals surface area contributed by atoms with Crippen LogP contribution in [0, 0.1) is 17.0 Å². The number of piperazine rings is 1. The standard InChI is InChI=1S/C28H44N8O2/c1-20-7-4-3-5-14-34-27(37)23-19-29-28(32-26(23)35(34)25-9-6-8-24(20)31-25)30-21-10-12-22(13-11-21)33-15-17-36(2,38)18-16-33/h3,5,10-13,20,23-26,28-32H,4,6-9,14-19H2,1-2H3/b5-3-/t20-,23?,24?,25?,26?,28?/m1/s1. The number of carbonyl (C=O) groups is 1. The summed E-state index contributed by atoms with van der Waals surface area (Å²) < 4.78 is -0.152. The van der Waals surface area contributed by atoms with E-state index in [1.165, 1.54) is 19.3 Å². The zero-order valence-electron chi connectivity index (χ0n) is 22.8. The topological polar surface area (TPSA) is 98.0 Å². The SMILES string of the molecule is C[C@@H]1CC/C=C\CN2C(=O)C3CNC(Nc4ccc(N5CC[N+](C)([O-])CC5)cc4)NC3N2C2CCCC1N2. The lowest BCUT2D eigenvalue weighted by molar-refractivity contribution is -0.861. The number of nitrogens with zero attached hydrogens (tertiary/aromatic N) is 4. The van der Waals surface area contributed by atoms with Crippen molar-refractivity contribution in [2.24, 2.45) is 11.8 Å². The number of allylic oxidation sites excluding steroid dienone is 1. The highest BCUT2D eigenvalue weighted by Crippen LogP contribution is 2.33. The van der Waals surface area contributed by atoms with E-state index in [1.54, 1.807) is 7.05 Å². The van der Waals surface area contributed by atoms with Crippen molar-refractivity contribution in [3.8, 4) is 0 Å². The molecule has 5 heterocycles. The number of piperidine rings is 1. The fourth-order valence-corrected chi connectivity index (χ4v) is 6.82. The van der Waals surface area contributed by atoms with Crippen LogP contribution in [0.15, 0.2) is 36.4 Å².